The number of nitrogens with zero attached hydrogens (tertiary/aromatic N) is 2. The Labute approximate surface area is 147 Å². The number of hydrogen-bond donors (Lipinski definition) is 1. The van der Waals surface area contributed by atoms with E-state index in [1.807, 2.05) is 6.92 Å². The molecule has 1 aromatic carbocycles. The number of hydrogen-bond acceptors (Lipinski definition) is 5. The van der Waals surface area contributed by atoms with Gasteiger partial charge in [0.2, 0.25) is 5.88 Å². The van der Waals surface area contributed by atoms with E-state index in [1.165, 1.54) is 0 Å². The first-order chi connectivity index (χ1) is 12.0. The monoisotopic (exact) mass is 345 g/mol. The van der Waals surface area contributed by atoms with Gasteiger partial charge in [-0.15, -0.1) is 0 Å². The van der Waals surface area contributed by atoms with Crippen molar-refractivity contribution in [1.29, 1.82) is 0 Å². The predicted octanol–water partition coefficient (Wildman–Crippen LogP) is 3.38. The maximum absolute atomic E-state index is 12.4. The van der Waals surface area contributed by atoms with E-state index in [1.54, 1.807) is 68.8 Å². The lowest BCUT2D eigenvalue weighted by Gasteiger charge is -2.24. The lowest BCUT2D eigenvalue weighted by atomic mass is 10.3. The third-order valence-corrected chi connectivity index (χ3v) is 3.68. The van der Waals surface area contributed by atoms with Crippen molar-refractivity contribution < 1.29 is 19.0 Å². The lowest BCUT2D eigenvalue weighted by Crippen LogP contribution is -2.40. The predicted molar refractivity (Wildman–Crippen MR) is 95.4 cm³/mol. The summed E-state index contributed by atoms with van der Waals surface area (Å²) in [5, 5.41) is 2.81. The minimum Gasteiger partial charge on any atom is -0.497 e. The van der Waals surface area contributed by atoms with Crippen molar-refractivity contribution in [1.82, 2.24) is 9.88 Å². The van der Waals surface area contributed by atoms with Crippen molar-refractivity contribution in [2.75, 3.05) is 33.2 Å². The number of pyridine rings is 1. The number of aromatic nitrogens is 1. The summed E-state index contributed by atoms with van der Waals surface area (Å²) in [5.74, 6) is 1.64. The zero-order chi connectivity index (χ0) is 18.2. The van der Waals surface area contributed by atoms with E-state index in [4.69, 9.17) is 14.2 Å². The maximum Gasteiger partial charge on any atom is 0.322 e. The smallest absolute Gasteiger partial charge is 0.322 e. The van der Waals surface area contributed by atoms with Gasteiger partial charge in [0, 0.05) is 20.4 Å². The van der Waals surface area contributed by atoms with E-state index in [0.29, 0.717) is 23.9 Å². The van der Waals surface area contributed by atoms with E-state index >= 15 is 0 Å². The van der Waals surface area contributed by atoms with Crippen LogP contribution in [0.3, 0.4) is 0 Å². The van der Waals surface area contributed by atoms with Crippen LogP contribution in [0.25, 0.3) is 0 Å². The Hall–Kier alpha value is -2.80. The lowest BCUT2D eigenvalue weighted by molar-refractivity contribution is 0.128. The molecule has 2 rings (SSSR count). The minimum absolute atomic E-state index is 0.0624. The topological polar surface area (TPSA) is 72.9 Å². The summed E-state index contributed by atoms with van der Waals surface area (Å²) in [6.45, 7) is 2.35. The molecule has 7 heteroatoms. The molecule has 1 aromatic heterocycles. The fourth-order valence-corrected chi connectivity index (χ4v) is 2.08. The van der Waals surface area contributed by atoms with Crippen molar-refractivity contribution in [2.45, 2.75) is 13.0 Å². The number of nitrogens with one attached hydrogen (secondary N) is 1. The molecular weight excluding hydrogens is 322 g/mol. The number of urea groups is 1. The second-order valence-corrected chi connectivity index (χ2v) is 5.48. The number of benzene rings is 1. The zero-order valence-corrected chi connectivity index (χ0v) is 14.9. The highest BCUT2D eigenvalue weighted by atomic mass is 16.5. The van der Waals surface area contributed by atoms with Gasteiger partial charge in [-0.3, -0.25) is 0 Å². The van der Waals surface area contributed by atoms with Gasteiger partial charge in [-0.2, -0.15) is 0 Å². The third kappa shape index (κ3) is 5.09. The van der Waals surface area contributed by atoms with Crippen LogP contribution in [0.1, 0.15) is 6.92 Å². The Morgan fingerprint density at radius 3 is 2.52 bits per heavy atom. The van der Waals surface area contributed by atoms with Crippen molar-refractivity contribution >= 4 is 11.7 Å². The molecule has 2 aromatic rings. The first kappa shape index (κ1) is 18.5. The summed E-state index contributed by atoms with van der Waals surface area (Å²) in [4.78, 5) is 18.1. The highest BCUT2D eigenvalue weighted by molar-refractivity contribution is 5.90. The second kappa shape index (κ2) is 8.89. The molecule has 0 saturated heterocycles. The van der Waals surface area contributed by atoms with E-state index in [2.05, 4.69) is 10.3 Å². The maximum atomic E-state index is 12.4. The Morgan fingerprint density at radius 1 is 1.20 bits per heavy atom. The molecule has 1 unspecified atom stereocenters. The van der Waals surface area contributed by atoms with Crippen LogP contribution in [0.4, 0.5) is 10.5 Å². The van der Waals surface area contributed by atoms with Crippen LogP contribution in [0.2, 0.25) is 0 Å². The number of carbonyl (C=O) groups is 1. The number of likely N-dealkylation sites (N-methyl/N-ethyl adjacent to an activating group) is 1. The van der Waals surface area contributed by atoms with Gasteiger partial charge in [0.15, 0.2) is 0 Å². The number of amides is 2. The second-order valence-electron chi connectivity index (χ2n) is 5.48. The van der Waals surface area contributed by atoms with Crippen LogP contribution in [-0.2, 0) is 4.74 Å². The van der Waals surface area contributed by atoms with Crippen LogP contribution in [0.15, 0.2) is 42.6 Å². The molecule has 0 fully saturated rings. The van der Waals surface area contributed by atoms with Gasteiger partial charge < -0.3 is 24.4 Å². The van der Waals surface area contributed by atoms with Crippen LogP contribution >= 0.6 is 0 Å². The van der Waals surface area contributed by atoms with E-state index in [0.717, 1.165) is 5.75 Å². The highest BCUT2D eigenvalue weighted by Gasteiger charge is 2.17. The molecular formula is C18H23N3O4. The van der Waals surface area contributed by atoms with Crippen molar-refractivity contribution in [3.63, 3.8) is 0 Å². The Bertz CT molecular complexity index is 691. The number of anilines is 1. The van der Waals surface area contributed by atoms with Crippen LogP contribution < -0.4 is 14.8 Å². The van der Waals surface area contributed by atoms with Gasteiger partial charge in [-0.1, -0.05) is 0 Å². The Kier molecular flexibility index (Phi) is 6.59. The number of ether oxygens (including phenoxy) is 3. The average molecular weight is 345 g/mol. The van der Waals surface area contributed by atoms with Gasteiger partial charge in [-0.25, -0.2) is 9.78 Å². The van der Waals surface area contributed by atoms with Crippen LogP contribution in [0.5, 0.6) is 17.4 Å². The molecule has 0 spiro atoms. The van der Waals surface area contributed by atoms with Crippen molar-refractivity contribution in [3.05, 3.63) is 42.6 Å². The summed E-state index contributed by atoms with van der Waals surface area (Å²) in [6.07, 6.45) is 1.60. The Morgan fingerprint density at radius 2 is 1.88 bits per heavy atom. The molecule has 1 heterocycles. The van der Waals surface area contributed by atoms with Gasteiger partial charge in [0.25, 0.3) is 0 Å². The summed E-state index contributed by atoms with van der Waals surface area (Å²) in [6, 6.07) is 10.3. The quantitative estimate of drug-likeness (QED) is 0.833. The summed E-state index contributed by atoms with van der Waals surface area (Å²) in [5.41, 5.74) is 0.486. The average Bonchev–Trinajstić information content (AvgIpc) is 2.63. The molecule has 2 amide bonds. The van der Waals surface area contributed by atoms with Gasteiger partial charge in [-0.05, 0) is 43.3 Å². The minimum atomic E-state index is -0.267. The van der Waals surface area contributed by atoms with Crippen LogP contribution in [0, 0.1) is 0 Å². The molecule has 0 aliphatic rings. The zero-order valence-electron chi connectivity index (χ0n) is 14.9. The summed E-state index contributed by atoms with van der Waals surface area (Å²) >= 11 is 0. The first-order valence-electron chi connectivity index (χ1n) is 7.84. The first-order valence-corrected chi connectivity index (χ1v) is 7.84. The molecule has 7 nitrogen and oxygen atoms in total. The molecule has 0 aliphatic heterocycles. The van der Waals surface area contributed by atoms with Crippen LogP contribution in [-0.4, -0.2) is 49.8 Å². The summed E-state index contributed by atoms with van der Waals surface area (Å²) < 4.78 is 16.0. The standard InChI is InChI=1S/C18H23N3O4/c1-13(12-23-3)21(2)18(22)20-16-6-5-11-19-17(16)25-15-9-7-14(24-4)8-10-15/h5-11,13H,12H2,1-4H3,(H,20,22). The number of methoxy groups -OCH3 is 2. The van der Waals surface area contributed by atoms with Gasteiger partial charge >= 0.3 is 6.03 Å². The molecule has 0 bridgehead atoms. The Balaban J connectivity index is 2.10. The normalized spacial score (nSPS) is 11.5. The van der Waals surface area contributed by atoms with E-state index < -0.39 is 0 Å². The molecule has 0 aliphatic carbocycles. The highest BCUT2D eigenvalue weighted by Crippen LogP contribution is 2.28. The van der Waals surface area contributed by atoms with E-state index in [9.17, 15) is 4.79 Å². The summed E-state index contributed by atoms with van der Waals surface area (Å²) in [7, 11) is 4.91. The molecule has 1 atom stereocenters. The fourth-order valence-electron chi connectivity index (χ4n) is 2.08. The molecule has 1 N–H and O–H groups in total. The molecule has 134 valence electrons. The molecule has 25 heavy (non-hydrogen) atoms. The van der Waals surface area contributed by atoms with E-state index in [-0.39, 0.29) is 12.1 Å². The number of carbonyl (C=O) groups excluding carboxylic acids is 1. The SMILES string of the molecule is COCC(C)N(C)C(=O)Nc1cccnc1Oc1ccc(OC)cc1. The molecule has 0 radical (unpaired) electrons. The fraction of sp³-hybridized carbons (Fsp3) is 0.333. The molecule has 0 saturated carbocycles. The van der Waals surface area contributed by atoms with Gasteiger partial charge in [0.05, 0.1) is 19.8 Å². The van der Waals surface area contributed by atoms with Gasteiger partial charge in [0.1, 0.15) is 17.2 Å². The largest absolute Gasteiger partial charge is 0.497 e. The van der Waals surface area contributed by atoms with Crippen molar-refractivity contribution in [3.8, 4) is 17.4 Å². The van der Waals surface area contributed by atoms with Crippen molar-refractivity contribution in [2.24, 2.45) is 0 Å². The third-order valence-electron chi connectivity index (χ3n) is 3.68. The number of rotatable bonds is 7.